The van der Waals surface area contributed by atoms with Crippen molar-refractivity contribution in [2.75, 3.05) is 0 Å². The fourth-order valence-electron chi connectivity index (χ4n) is 1.29. The molecule has 0 spiro atoms. The number of carbonyl (C=O) groups excluding carboxylic acids is 1. The fourth-order valence-corrected chi connectivity index (χ4v) is 1.29. The molecule has 0 radical (unpaired) electrons. The molecular weight excluding hydrogens is 206 g/mol. The van der Waals surface area contributed by atoms with Crippen molar-refractivity contribution in [1.82, 2.24) is 25.5 Å². The molecule has 6 nitrogen and oxygen atoms in total. The topological polar surface area (TPSA) is 83.6 Å². The van der Waals surface area contributed by atoms with Crippen LogP contribution in [-0.4, -0.2) is 26.1 Å². The van der Waals surface area contributed by atoms with E-state index in [1.807, 2.05) is 6.92 Å². The van der Waals surface area contributed by atoms with Gasteiger partial charge in [0.15, 0.2) is 0 Å². The van der Waals surface area contributed by atoms with Gasteiger partial charge in [0.2, 0.25) is 0 Å². The number of hydrogen-bond acceptors (Lipinski definition) is 4. The summed E-state index contributed by atoms with van der Waals surface area (Å²) < 4.78 is 0. The predicted octanol–water partition coefficient (Wildman–Crippen LogP) is 0.691. The highest BCUT2D eigenvalue weighted by molar-refractivity contribution is 5.93. The van der Waals surface area contributed by atoms with Gasteiger partial charge in [0.25, 0.3) is 5.91 Å². The van der Waals surface area contributed by atoms with E-state index in [2.05, 4.69) is 25.5 Å². The molecule has 6 heteroatoms. The molecule has 2 N–H and O–H groups in total. The van der Waals surface area contributed by atoms with E-state index < -0.39 is 0 Å². The molecule has 0 aliphatic heterocycles. The average molecular weight is 217 g/mol. The molecule has 2 aromatic rings. The maximum atomic E-state index is 11.7. The molecule has 0 aliphatic rings. The summed E-state index contributed by atoms with van der Waals surface area (Å²) in [5.41, 5.74) is 0.480. The predicted molar refractivity (Wildman–Crippen MR) is 56.5 cm³/mol. The normalized spacial score (nSPS) is 12.1. The Hall–Kier alpha value is -2.24. The Kier molecular flexibility index (Phi) is 2.90. The Morgan fingerprint density at radius 1 is 1.44 bits per heavy atom. The molecule has 0 saturated heterocycles. The minimum absolute atomic E-state index is 0.171. The number of rotatable bonds is 3. The zero-order chi connectivity index (χ0) is 11.4. The van der Waals surface area contributed by atoms with Crippen molar-refractivity contribution < 1.29 is 4.79 Å². The molecule has 0 aliphatic carbocycles. The number of aromatic nitrogens is 4. The number of aromatic amines is 1. The lowest BCUT2D eigenvalue weighted by molar-refractivity contribution is 0.0938. The Morgan fingerprint density at radius 2 is 2.31 bits per heavy atom. The molecule has 2 aromatic heterocycles. The maximum Gasteiger partial charge on any atom is 0.253 e. The van der Waals surface area contributed by atoms with E-state index in [-0.39, 0.29) is 11.9 Å². The summed E-state index contributed by atoms with van der Waals surface area (Å²) in [6.07, 6.45) is 6.26. The van der Waals surface area contributed by atoms with E-state index in [4.69, 9.17) is 0 Å². The molecule has 0 bridgehead atoms. The van der Waals surface area contributed by atoms with Crippen LogP contribution in [0.2, 0.25) is 0 Å². The van der Waals surface area contributed by atoms with Crippen LogP contribution < -0.4 is 5.32 Å². The molecule has 1 atom stereocenters. The van der Waals surface area contributed by atoms with Gasteiger partial charge in [0.05, 0.1) is 24.0 Å². The van der Waals surface area contributed by atoms with E-state index in [9.17, 15) is 4.79 Å². The minimum Gasteiger partial charge on any atom is -0.347 e. The molecule has 2 rings (SSSR count). The van der Waals surface area contributed by atoms with Gasteiger partial charge in [-0.1, -0.05) is 0 Å². The summed E-state index contributed by atoms with van der Waals surface area (Å²) in [5, 5.41) is 10.0. The first-order valence-corrected chi connectivity index (χ1v) is 4.84. The largest absolute Gasteiger partial charge is 0.347 e. The summed E-state index contributed by atoms with van der Waals surface area (Å²) in [6.45, 7) is 1.85. The first-order chi connectivity index (χ1) is 7.77. The second kappa shape index (κ2) is 4.52. The van der Waals surface area contributed by atoms with Crippen molar-refractivity contribution in [2.45, 2.75) is 13.0 Å². The smallest absolute Gasteiger partial charge is 0.253 e. The monoisotopic (exact) mass is 217 g/mol. The summed E-state index contributed by atoms with van der Waals surface area (Å²) in [5.74, 6) is 0.522. The first-order valence-electron chi connectivity index (χ1n) is 4.84. The zero-order valence-electron chi connectivity index (χ0n) is 8.71. The van der Waals surface area contributed by atoms with Gasteiger partial charge in [-0.25, -0.2) is 4.98 Å². The summed E-state index contributed by atoms with van der Waals surface area (Å²) >= 11 is 0. The van der Waals surface area contributed by atoms with Crippen molar-refractivity contribution in [2.24, 2.45) is 0 Å². The Balaban J connectivity index is 2.03. The second-order valence-corrected chi connectivity index (χ2v) is 3.30. The standard InChI is InChI=1S/C10H11N5O/c1-7(9-11-4-5-12-9)15-10(16)8-2-3-13-14-6-8/h2-7H,1H3,(H,11,12)(H,15,16). The summed E-state index contributed by atoms with van der Waals surface area (Å²) in [6, 6.07) is 1.44. The number of imidazole rings is 1. The van der Waals surface area contributed by atoms with Crippen LogP contribution in [0.1, 0.15) is 29.1 Å². The lowest BCUT2D eigenvalue weighted by Crippen LogP contribution is -2.27. The average Bonchev–Trinajstić information content (AvgIpc) is 2.83. The minimum atomic E-state index is -0.196. The Labute approximate surface area is 92.1 Å². The lowest BCUT2D eigenvalue weighted by atomic mass is 10.2. The molecule has 16 heavy (non-hydrogen) atoms. The van der Waals surface area contributed by atoms with Gasteiger partial charge in [0, 0.05) is 12.4 Å². The molecule has 1 unspecified atom stereocenters. The van der Waals surface area contributed by atoms with E-state index in [1.165, 1.54) is 12.4 Å². The zero-order valence-corrected chi connectivity index (χ0v) is 8.71. The van der Waals surface area contributed by atoms with Gasteiger partial charge in [-0.05, 0) is 13.0 Å². The van der Waals surface area contributed by atoms with E-state index in [1.54, 1.807) is 18.5 Å². The number of amides is 1. The van der Waals surface area contributed by atoms with Crippen LogP contribution in [0.5, 0.6) is 0 Å². The third-order valence-corrected chi connectivity index (χ3v) is 2.12. The van der Waals surface area contributed by atoms with Crippen molar-refractivity contribution in [1.29, 1.82) is 0 Å². The van der Waals surface area contributed by atoms with Gasteiger partial charge in [-0.2, -0.15) is 10.2 Å². The first kappa shape index (κ1) is 10.3. The highest BCUT2D eigenvalue weighted by Crippen LogP contribution is 2.06. The third-order valence-electron chi connectivity index (χ3n) is 2.12. The van der Waals surface area contributed by atoms with E-state index in [0.29, 0.717) is 5.56 Å². The van der Waals surface area contributed by atoms with Gasteiger partial charge in [-0.3, -0.25) is 4.79 Å². The quantitative estimate of drug-likeness (QED) is 0.792. The van der Waals surface area contributed by atoms with Crippen molar-refractivity contribution in [3.63, 3.8) is 0 Å². The Bertz CT molecular complexity index is 453. The molecular formula is C10H11N5O. The molecule has 0 fully saturated rings. The maximum absolute atomic E-state index is 11.7. The van der Waals surface area contributed by atoms with Crippen LogP contribution in [0, 0.1) is 0 Å². The molecule has 1 amide bonds. The summed E-state index contributed by atoms with van der Waals surface area (Å²) in [7, 11) is 0. The number of nitrogens with zero attached hydrogens (tertiary/aromatic N) is 3. The third kappa shape index (κ3) is 2.22. The van der Waals surface area contributed by atoms with Crippen molar-refractivity contribution >= 4 is 5.91 Å². The fraction of sp³-hybridized carbons (Fsp3) is 0.200. The number of nitrogens with one attached hydrogen (secondary N) is 2. The van der Waals surface area contributed by atoms with Crippen LogP contribution in [0.25, 0.3) is 0 Å². The SMILES string of the molecule is CC(NC(=O)c1ccnnc1)c1ncc[nH]1. The van der Waals surface area contributed by atoms with Crippen LogP contribution in [0.4, 0.5) is 0 Å². The van der Waals surface area contributed by atoms with Gasteiger partial charge in [-0.15, -0.1) is 0 Å². The molecule has 0 saturated carbocycles. The number of carbonyl (C=O) groups is 1. The van der Waals surface area contributed by atoms with Gasteiger partial charge in [0.1, 0.15) is 5.82 Å². The van der Waals surface area contributed by atoms with Gasteiger partial charge >= 0.3 is 0 Å². The molecule has 2 heterocycles. The van der Waals surface area contributed by atoms with Gasteiger partial charge < -0.3 is 10.3 Å². The highest BCUT2D eigenvalue weighted by atomic mass is 16.1. The van der Waals surface area contributed by atoms with Crippen LogP contribution in [0.15, 0.2) is 30.9 Å². The van der Waals surface area contributed by atoms with E-state index in [0.717, 1.165) is 5.82 Å². The van der Waals surface area contributed by atoms with Crippen LogP contribution >= 0.6 is 0 Å². The van der Waals surface area contributed by atoms with Crippen LogP contribution in [0.3, 0.4) is 0 Å². The summed E-state index contributed by atoms with van der Waals surface area (Å²) in [4.78, 5) is 18.7. The van der Waals surface area contributed by atoms with Crippen molar-refractivity contribution in [3.05, 3.63) is 42.2 Å². The lowest BCUT2D eigenvalue weighted by Gasteiger charge is -2.10. The Morgan fingerprint density at radius 3 is 2.94 bits per heavy atom. The number of hydrogen-bond donors (Lipinski definition) is 2. The second-order valence-electron chi connectivity index (χ2n) is 3.30. The highest BCUT2D eigenvalue weighted by Gasteiger charge is 2.12. The molecule has 82 valence electrons. The van der Waals surface area contributed by atoms with Crippen molar-refractivity contribution in [3.8, 4) is 0 Å². The molecule has 0 aromatic carbocycles. The van der Waals surface area contributed by atoms with E-state index >= 15 is 0 Å². The number of H-pyrrole nitrogens is 1. The van der Waals surface area contributed by atoms with Crippen LogP contribution in [-0.2, 0) is 0 Å².